The van der Waals surface area contributed by atoms with Gasteiger partial charge in [0.2, 0.25) is 0 Å². The molecule has 1 aliphatic rings. The zero-order valence-corrected chi connectivity index (χ0v) is 9.72. The predicted molar refractivity (Wildman–Crippen MR) is 60.5 cm³/mol. The van der Waals surface area contributed by atoms with Crippen molar-refractivity contribution in [2.75, 3.05) is 0 Å². The number of halogens is 3. The van der Waals surface area contributed by atoms with E-state index in [9.17, 15) is 13.2 Å². The van der Waals surface area contributed by atoms with Crippen LogP contribution in [0.5, 0.6) is 0 Å². The molecule has 4 heteroatoms. The second-order valence-electron chi connectivity index (χ2n) is 4.85. The monoisotopic (exact) mass is 243 g/mol. The van der Waals surface area contributed by atoms with Gasteiger partial charge in [-0.3, -0.25) is 0 Å². The average molecular weight is 243 g/mol. The van der Waals surface area contributed by atoms with Gasteiger partial charge in [-0.15, -0.1) is 0 Å². The maximum Gasteiger partial charge on any atom is 0.416 e. The number of aryl methyl sites for hydroxylation is 1. The summed E-state index contributed by atoms with van der Waals surface area (Å²) < 4.78 is 37.5. The molecule has 1 saturated carbocycles. The molecule has 0 saturated heterocycles. The molecule has 1 fully saturated rings. The molecule has 2 rings (SSSR count). The van der Waals surface area contributed by atoms with Crippen LogP contribution in [0.1, 0.15) is 42.0 Å². The van der Waals surface area contributed by atoms with Crippen LogP contribution in [0.2, 0.25) is 0 Å². The van der Waals surface area contributed by atoms with Gasteiger partial charge < -0.3 is 5.73 Å². The lowest BCUT2D eigenvalue weighted by molar-refractivity contribution is -0.137. The maximum absolute atomic E-state index is 12.5. The summed E-state index contributed by atoms with van der Waals surface area (Å²) in [5.74, 6) is 0.673. The van der Waals surface area contributed by atoms with Gasteiger partial charge >= 0.3 is 6.18 Å². The third-order valence-corrected chi connectivity index (χ3v) is 3.28. The Bertz CT molecular complexity index is 408. The molecule has 0 amide bonds. The molecule has 17 heavy (non-hydrogen) atoms. The fourth-order valence-corrected chi connectivity index (χ4v) is 2.11. The van der Waals surface area contributed by atoms with Crippen LogP contribution in [0, 0.1) is 12.8 Å². The van der Waals surface area contributed by atoms with Crippen molar-refractivity contribution in [3.63, 3.8) is 0 Å². The molecule has 0 aromatic heterocycles. The van der Waals surface area contributed by atoms with Crippen molar-refractivity contribution in [2.24, 2.45) is 11.7 Å². The predicted octanol–water partition coefficient (Wildman–Crippen LogP) is 3.81. The topological polar surface area (TPSA) is 26.0 Å². The standard InChI is InChI=1S/C13H16F3N/c1-8-6-10(13(14,15)16)4-5-11(8)12(17)7-9-2-3-9/h4-6,9,12H,2-3,7,17H2,1H3. The Hall–Kier alpha value is -1.03. The zero-order chi connectivity index (χ0) is 12.6. The quantitative estimate of drug-likeness (QED) is 0.858. The van der Waals surface area contributed by atoms with Gasteiger partial charge in [-0.1, -0.05) is 18.9 Å². The second-order valence-corrected chi connectivity index (χ2v) is 4.85. The van der Waals surface area contributed by atoms with E-state index in [0.717, 1.165) is 18.1 Å². The zero-order valence-electron chi connectivity index (χ0n) is 9.72. The molecule has 1 aromatic carbocycles. The van der Waals surface area contributed by atoms with Crippen LogP contribution >= 0.6 is 0 Å². The first-order chi connectivity index (χ1) is 7.88. The third kappa shape index (κ3) is 3.00. The van der Waals surface area contributed by atoms with E-state index in [1.807, 2.05) is 0 Å². The first-order valence-electron chi connectivity index (χ1n) is 5.81. The lowest BCUT2D eigenvalue weighted by atomic mass is 9.96. The highest BCUT2D eigenvalue weighted by molar-refractivity contribution is 5.34. The van der Waals surface area contributed by atoms with E-state index < -0.39 is 11.7 Å². The van der Waals surface area contributed by atoms with Gasteiger partial charge in [-0.05, 0) is 42.5 Å². The summed E-state index contributed by atoms with van der Waals surface area (Å²) in [7, 11) is 0. The van der Waals surface area contributed by atoms with Gasteiger partial charge in [0.25, 0.3) is 0 Å². The van der Waals surface area contributed by atoms with Gasteiger partial charge in [-0.25, -0.2) is 0 Å². The van der Waals surface area contributed by atoms with Crippen LogP contribution in [0.25, 0.3) is 0 Å². The Morgan fingerprint density at radius 3 is 2.47 bits per heavy atom. The summed E-state index contributed by atoms with van der Waals surface area (Å²) in [6.45, 7) is 1.69. The number of rotatable bonds is 3. The fraction of sp³-hybridized carbons (Fsp3) is 0.538. The summed E-state index contributed by atoms with van der Waals surface area (Å²) in [6, 6.07) is 3.69. The molecular formula is C13H16F3N. The van der Waals surface area contributed by atoms with E-state index in [-0.39, 0.29) is 6.04 Å². The molecule has 0 spiro atoms. The summed E-state index contributed by atoms with van der Waals surface area (Å²) in [6.07, 6.45) is -0.989. The molecule has 1 aromatic rings. The summed E-state index contributed by atoms with van der Waals surface area (Å²) in [5.41, 5.74) is 6.89. The van der Waals surface area contributed by atoms with E-state index in [4.69, 9.17) is 5.73 Å². The van der Waals surface area contributed by atoms with E-state index in [1.54, 1.807) is 6.92 Å². The molecule has 1 atom stereocenters. The molecule has 0 bridgehead atoms. The van der Waals surface area contributed by atoms with Crippen molar-refractivity contribution < 1.29 is 13.2 Å². The van der Waals surface area contributed by atoms with Gasteiger partial charge in [0.05, 0.1) is 5.56 Å². The van der Waals surface area contributed by atoms with Crippen LogP contribution in [0.3, 0.4) is 0 Å². The number of hydrogen-bond donors (Lipinski definition) is 1. The first kappa shape index (κ1) is 12.4. The summed E-state index contributed by atoms with van der Waals surface area (Å²) in [4.78, 5) is 0. The number of hydrogen-bond acceptors (Lipinski definition) is 1. The fourth-order valence-electron chi connectivity index (χ4n) is 2.11. The lowest BCUT2D eigenvalue weighted by Gasteiger charge is -2.16. The van der Waals surface area contributed by atoms with Crippen LogP contribution < -0.4 is 5.73 Å². The van der Waals surface area contributed by atoms with Crippen LogP contribution in [0.4, 0.5) is 13.2 Å². The molecular weight excluding hydrogens is 227 g/mol. The Kier molecular flexibility index (Phi) is 3.17. The molecule has 1 unspecified atom stereocenters. The molecule has 0 radical (unpaired) electrons. The van der Waals surface area contributed by atoms with Crippen molar-refractivity contribution in [3.05, 3.63) is 34.9 Å². The third-order valence-electron chi connectivity index (χ3n) is 3.28. The molecule has 94 valence electrons. The SMILES string of the molecule is Cc1cc(C(F)(F)F)ccc1C(N)CC1CC1. The highest BCUT2D eigenvalue weighted by atomic mass is 19.4. The van der Waals surface area contributed by atoms with E-state index in [2.05, 4.69) is 0 Å². The van der Waals surface area contributed by atoms with E-state index >= 15 is 0 Å². The van der Waals surface area contributed by atoms with Crippen molar-refractivity contribution in [1.29, 1.82) is 0 Å². The summed E-state index contributed by atoms with van der Waals surface area (Å²) >= 11 is 0. The van der Waals surface area contributed by atoms with Crippen molar-refractivity contribution in [1.82, 2.24) is 0 Å². The van der Waals surface area contributed by atoms with Crippen molar-refractivity contribution in [2.45, 2.75) is 38.4 Å². The highest BCUT2D eigenvalue weighted by Crippen LogP contribution is 2.38. The minimum absolute atomic E-state index is 0.134. The molecule has 0 aliphatic heterocycles. The molecule has 1 nitrogen and oxygen atoms in total. The van der Waals surface area contributed by atoms with Gasteiger partial charge in [0, 0.05) is 6.04 Å². The summed E-state index contributed by atoms with van der Waals surface area (Å²) in [5, 5.41) is 0. The molecule has 0 heterocycles. The van der Waals surface area contributed by atoms with Crippen molar-refractivity contribution >= 4 is 0 Å². The number of benzene rings is 1. The van der Waals surface area contributed by atoms with Crippen LogP contribution in [0.15, 0.2) is 18.2 Å². The largest absolute Gasteiger partial charge is 0.416 e. The van der Waals surface area contributed by atoms with Crippen molar-refractivity contribution in [3.8, 4) is 0 Å². The molecule has 1 aliphatic carbocycles. The van der Waals surface area contributed by atoms with Crippen LogP contribution in [-0.2, 0) is 6.18 Å². The minimum Gasteiger partial charge on any atom is -0.324 e. The molecule has 2 N–H and O–H groups in total. The Morgan fingerprint density at radius 1 is 1.35 bits per heavy atom. The Balaban J connectivity index is 2.18. The van der Waals surface area contributed by atoms with E-state index in [0.29, 0.717) is 11.5 Å². The Labute approximate surface area is 98.8 Å². The Morgan fingerprint density at radius 2 is 2.00 bits per heavy atom. The minimum atomic E-state index is -4.27. The van der Waals surface area contributed by atoms with E-state index in [1.165, 1.54) is 25.0 Å². The van der Waals surface area contributed by atoms with Crippen LogP contribution in [-0.4, -0.2) is 0 Å². The van der Waals surface area contributed by atoms with Gasteiger partial charge in [0.1, 0.15) is 0 Å². The average Bonchev–Trinajstić information content (AvgIpc) is 2.99. The first-order valence-corrected chi connectivity index (χ1v) is 5.81. The second kappa shape index (κ2) is 4.33. The van der Waals surface area contributed by atoms with Gasteiger partial charge in [0.15, 0.2) is 0 Å². The van der Waals surface area contributed by atoms with Gasteiger partial charge in [-0.2, -0.15) is 13.2 Å². The smallest absolute Gasteiger partial charge is 0.324 e. The normalized spacial score (nSPS) is 18.2. The number of nitrogens with two attached hydrogens (primary N) is 1. The maximum atomic E-state index is 12.5. The lowest BCUT2D eigenvalue weighted by Crippen LogP contribution is -2.14. The highest BCUT2D eigenvalue weighted by Gasteiger charge is 2.31. The number of alkyl halides is 3.